The van der Waals surface area contributed by atoms with E-state index < -0.39 is 0 Å². The van der Waals surface area contributed by atoms with Crippen LogP contribution in [-0.2, 0) is 10.8 Å². The average molecular weight is 1730 g/mol. The van der Waals surface area contributed by atoms with Gasteiger partial charge < -0.3 is 0 Å². The fourth-order valence-corrected chi connectivity index (χ4v) is 25.0. The van der Waals surface area contributed by atoms with Crippen LogP contribution in [0.1, 0.15) is 49.9 Å². The van der Waals surface area contributed by atoms with Crippen molar-refractivity contribution in [2.75, 3.05) is 0 Å². The molecule has 8 heteroatoms. The first-order valence-corrected chi connectivity index (χ1v) is 47.7. The van der Waals surface area contributed by atoms with Gasteiger partial charge in [-0.15, -0.1) is 45.3 Å². The Morgan fingerprint density at radius 2 is 0.446 bits per heavy atom. The molecule has 18 aromatic carbocycles. The third-order valence-electron chi connectivity index (χ3n) is 27.0. The normalized spacial score (nSPS) is 12.9. The van der Waals surface area contributed by atoms with E-state index >= 15 is 0 Å². The molecule has 0 radical (unpaired) electrons. The molecule has 2 aliphatic rings. The Hall–Kier alpha value is -15.0. The zero-order valence-corrected chi connectivity index (χ0v) is 74.9. The van der Waals surface area contributed by atoms with Crippen LogP contribution in [0.4, 0.5) is 0 Å². The molecule has 0 saturated carbocycles. The van der Waals surface area contributed by atoms with E-state index in [9.17, 15) is 0 Å². The Bertz CT molecular complexity index is 8460. The number of aromatic nitrogens is 4. The Morgan fingerprint density at radius 3 is 0.869 bits per heavy atom. The van der Waals surface area contributed by atoms with Gasteiger partial charge >= 0.3 is 0 Å². The Balaban J connectivity index is 0.000000140. The number of fused-ring (bicyclic) bond motifs is 18. The molecule has 6 heterocycles. The Morgan fingerprint density at radius 1 is 0.162 bits per heavy atom. The number of thiophene rings is 4. The molecule has 4 nitrogen and oxygen atoms in total. The SMILES string of the molecule is CC1(C)c2ccccc2-c2ccc(-c3ccc(-c4cc(-c5cc(-c6ccc7sc8ccccc8c7c6)cc(-c6ccc7sc8ccccc8c7c6)c5)nc(-c5ccccc5)n4)cc3)cc21.CC1(C)c2ccccc2-c2ccc(-c3ccc(-c4cc(-c5cc(-c6cccc7c6sc6ccccc67)cc(-c6cccc7c6sc6ccccc67)c5)nc(-c5ccccc5)n4)cc3)cc21. The second-order valence-electron chi connectivity index (χ2n) is 35.5. The summed E-state index contributed by atoms with van der Waals surface area (Å²) < 4.78 is 10.4. The minimum Gasteiger partial charge on any atom is -0.228 e. The van der Waals surface area contributed by atoms with Crippen molar-refractivity contribution in [1.82, 2.24) is 19.9 Å². The molecule has 0 aliphatic heterocycles. The minimum atomic E-state index is -0.0565. The molecule has 0 saturated heterocycles. The lowest BCUT2D eigenvalue weighted by Gasteiger charge is -2.22. The van der Waals surface area contributed by atoms with Crippen molar-refractivity contribution in [2.24, 2.45) is 0 Å². The molecule has 26 rings (SSSR count). The van der Waals surface area contributed by atoms with E-state index in [0.29, 0.717) is 11.6 Å². The number of hydrogen-bond acceptors (Lipinski definition) is 8. The fourth-order valence-electron chi connectivity index (χ4n) is 20.3. The van der Waals surface area contributed by atoms with Gasteiger partial charge in [0.1, 0.15) is 0 Å². The van der Waals surface area contributed by atoms with Gasteiger partial charge in [0.15, 0.2) is 11.6 Å². The van der Waals surface area contributed by atoms with Crippen molar-refractivity contribution in [3.05, 3.63) is 435 Å². The van der Waals surface area contributed by atoms with Crippen molar-refractivity contribution in [3.63, 3.8) is 0 Å². The van der Waals surface area contributed by atoms with Gasteiger partial charge in [0.05, 0.1) is 22.8 Å². The van der Waals surface area contributed by atoms with Crippen LogP contribution < -0.4 is 0 Å². The summed E-state index contributed by atoms with van der Waals surface area (Å²) in [6.07, 6.45) is 0. The standard InChI is InChI=1S/2C61H40N2S2/c1-61(2)52-23-9-6-16-46(52)47-31-30-40(35-53(47)61)37-26-28-38(29-27-37)54-36-55(63-60(62-54)39-14-4-3-5-15-39)43-33-41(44-19-12-21-50-48-17-7-10-24-56(48)64-58(44)50)32-42(34-43)45-20-13-22-51-49-18-8-11-25-57(49)65-59(45)51;1-61(2)52-17-9-6-14-46(52)47-27-24-42(35-53(47)61)37-20-22-38(23-21-37)54-36-55(63-60(62-54)39-12-4-3-5-13-39)45-31-43(40-25-28-58-50(33-40)48-15-7-10-18-56(48)64-58)30-44(32-45)41-26-29-59-51(34-41)49-16-8-11-19-57(49)65-59/h2*3-36H,1-2H3. The highest BCUT2D eigenvalue weighted by molar-refractivity contribution is 7.27. The van der Waals surface area contributed by atoms with Crippen LogP contribution in [-0.4, -0.2) is 19.9 Å². The van der Waals surface area contributed by atoms with Gasteiger partial charge in [-0.3, -0.25) is 0 Å². The molecule has 0 fully saturated rings. The molecule has 0 N–H and O–H groups in total. The highest BCUT2D eigenvalue weighted by Crippen LogP contribution is 2.54. The van der Waals surface area contributed by atoms with Gasteiger partial charge in [0.2, 0.25) is 0 Å². The molecule has 0 unspecified atom stereocenters. The molecule has 130 heavy (non-hydrogen) atoms. The summed E-state index contributed by atoms with van der Waals surface area (Å²) >= 11 is 7.45. The summed E-state index contributed by atoms with van der Waals surface area (Å²) in [4.78, 5) is 21.3. The van der Waals surface area contributed by atoms with E-state index in [1.165, 1.54) is 181 Å². The second kappa shape index (κ2) is 30.9. The van der Waals surface area contributed by atoms with Gasteiger partial charge in [-0.1, -0.05) is 331 Å². The topological polar surface area (TPSA) is 51.6 Å². The van der Waals surface area contributed by atoms with Gasteiger partial charge in [0.25, 0.3) is 0 Å². The molecule has 0 bridgehead atoms. The summed E-state index contributed by atoms with van der Waals surface area (Å²) in [5.74, 6) is 1.40. The molecule has 0 amide bonds. The largest absolute Gasteiger partial charge is 0.228 e. The van der Waals surface area contributed by atoms with E-state index in [0.717, 1.165) is 67.3 Å². The monoisotopic (exact) mass is 1730 g/mol. The third kappa shape index (κ3) is 13.3. The minimum absolute atomic E-state index is 0.0552. The summed E-state index contributed by atoms with van der Waals surface area (Å²) in [5, 5.41) is 10.3. The van der Waals surface area contributed by atoms with Crippen molar-refractivity contribution >= 4 is 126 Å². The maximum absolute atomic E-state index is 5.39. The van der Waals surface area contributed by atoms with E-state index in [2.05, 4.69) is 428 Å². The predicted octanol–water partition coefficient (Wildman–Crippen LogP) is 35.0. The average Bonchev–Trinajstić information content (AvgIpc) is 1.58. The van der Waals surface area contributed by atoms with Crippen LogP contribution in [0.3, 0.4) is 0 Å². The molecule has 24 aromatic rings. The van der Waals surface area contributed by atoms with Gasteiger partial charge in [-0.2, -0.15) is 0 Å². The van der Waals surface area contributed by atoms with Crippen molar-refractivity contribution in [3.8, 4) is 157 Å². The Labute approximate surface area is 769 Å². The lowest BCUT2D eigenvalue weighted by molar-refractivity contribution is 0.660. The van der Waals surface area contributed by atoms with E-state index in [1.54, 1.807) is 0 Å². The first-order valence-electron chi connectivity index (χ1n) is 44.4. The van der Waals surface area contributed by atoms with E-state index in [1.807, 2.05) is 57.5 Å². The van der Waals surface area contributed by atoms with Gasteiger partial charge in [0, 0.05) is 125 Å². The van der Waals surface area contributed by atoms with Gasteiger partial charge in [-0.25, -0.2) is 19.9 Å². The zero-order chi connectivity index (χ0) is 86.5. The van der Waals surface area contributed by atoms with Gasteiger partial charge in [-0.05, 0) is 220 Å². The summed E-state index contributed by atoms with van der Waals surface area (Å²) in [5.41, 5.74) is 34.7. The quantitative estimate of drug-likeness (QED) is 0.122. The molecule has 0 atom stereocenters. The van der Waals surface area contributed by atoms with Crippen LogP contribution in [0.25, 0.3) is 238 Å². The summed E-state index contributed by atoms with van der Waals surface area (Å²) in [7, 11) is 0. The molecule has 0 spiro atoms. The van der Waals surface area contributed by atoms with Crippen LogP contribution >= 0.6 is 45.3 Å². The maximum atomic E-state index is 5.39. The smallest absolute Gasteiger partial charge is 0.160 e. The highest BCUT2D eigenvalue weighted by Gasteiger charge is 2.37. The molecule has 2 aliphatic carbocycles. The van der Waals surface area contributed by atoms with Crippen molar-refractivity contribution in [1.29, 1.82) is 0 Å². The number of nitrogens with zero attached hydrogens (tertiary/aromatic N) is 4. The van der Waals surface area contributed by atoms with E-state index in [4.69, 9.17) is 19.9 Å². The zero-order valence-electron chi connectivity index (χ0n) is 71.7. The first-order chi connectivity index (χ1) is 63.8. The fraction of sp³-hybridized carbons (Fsp3) is 0.0492. The molecule has 6 aromatic heterocycles. The highest BCUT2D eigenvalue weighted by atomic mass is 32.1. The van der Waals surface area contributed by atoms with Crippen LogP contribution in [0.2, 0.25) is 0 Å². The predicted molar refractivity (Wildman–Crippen MR) is 556 cm³/mol. The molecule has 612 valence electrons. The molecular weight excluding hydrogens is 1650 g/mol. The summed E-state index contributed by atoms with van der Waals surface area (Å²) in [6, 6.07) is 151. The van der Waals surface area contributed by atoms with E-state index in [-0.39, 0.29) is 10.8 Å². The summed E-state index contributed by atoms with van der Waals surface area (Å²) in [6.45, 7) is 9.37. The lowest BCUT2D eigenvalue weighted by atomic mass is 9.81. The van der Waals surface area contributed by atoms with Crippen molar-refractivity contribution < 1.29 is 0 Å². The molecular formula is C122H80N4S4. The second-order valence-corrected chi connectivity index (χ2v) is 39.7. The van der Waals surface area contributed by atoms with Crippen LogP contribution in [0, 0.1) is 0 Å². The van der Waals surface area contributed by atoms with Crippen LogP contribution in [0.15, 0.2) is 413 Å². The number of hydrogen-bond donors (Lipinski definition) is 0. The third-order valence-corrected chi connectivity index (χ3v) is 31.8. The van der Waals surface area contributed by atoms with Crippen molar-refractivity contribution in [2.45, 2.75) is 38.5 Å². The first kappa shape index (κ1) is 77.4. The number of benzene rings is 18. The maximum Gasteiger partial charge on any atom is 0.160 e. The van der Waals surface area contributed by atoms with Crippen LogP contribution in [0.5, 0.6) is 0 Å². The lowest BCUT2D eigenvalue weighted by Crippen LogP contribution is -2.14. The Kier molecular flexibility index (Phi) is 18.4. The number of rotatable bonds is 12.